The van der Waals surface area contributed by atoms with Crippen molar-refractivity contribution < 1.29 is 9.53 Å². The van der Waals surface area contributed by atoms with Crippen molar-refractivity contribution in [1.29, 1.82) is 0 Å². The number of hydrogen-bond acceptors (Lipinski definition) is 5. The summed E-state index contributed by atoms with van der Waals surface area (Å²) in [6.45, 7) is 5.89. The van der Waals surface area contributed by atoms with E-state index >= 15 is 0 Å². The van der Waals surface area contributed by atoms with E-state index in [0.29, 0.717) is 19.0 Å². The SMILES string of the molecule is Cc1cc(Oc2ccccc2C)nc(C2CCCN(C(=O)c3ccccc3Cn3ccnc3)C2)n1. The van der Waals surface area contributed by atoms with Crippen LogP contribution in [0, 0.1) is 13.8 Å². The Morgan fingerprint density at radius 3 is 2.74 bits per heavy atom. The van der Waals surface area contributed by atoms with Crippen molar-refractivity contribution in [2.45, 2.75) is 39.2 Å². The molecular formula is C28H29N5O2. The lowest BCUT2D eigenvalue weighted by molar-refractivity contribution is 0.0703. The molecule has 178 valence electrons. The Morgan fingerprint density at radius 2 is 1.91 bits per heavy atom. The fourth-order valence-electron chi connectivity index (χ4n) is 4.57. The van der Waals surface area contributed by atoms with Gasteiger partial charge in [0.05, 0.1) is 6.33 Å². The first kappa shape index (κ1) is 22.8. The monoisotopic (exact) mass is 467 g/mol. The van der Waals surface area contributed by atoms with Gasteiger partial charge in [-0.1, -0.05) is 36.4 Å². The van der Waals surface area contributed by atoms with Crippen LogP contribution in [0.4, 0.5) is 0 Å². The molecule has 0 aliphatic carbocycles. The van der Waals surface area contributed by atoms with E-state index in [2.05, 4.69) is 4.98 Å². The van der Waals surface area contributed by atoms with Gasteiger partial charge in [-0.25, -0.2) is 9.97 Å². The summed E-state index contributed by atoms with van der Waals surface area (Å²) < 4.78 is 8.07. The molecule has 7 nitrogen and oxygen atoms in total. The third-order valence-corrected chi connectivity index (χ3v) is 6.39. The maximum Gasteiger partial charge on any atom is 0.254 e. The first-order valence-corrected chi connectivity index (χ1v) is 12.0. The predicted octanol–water partition coefficient (Wildman–Crippen LogP) is 5.15. The molecule has 1 aliphatic rings. The average molecular weight is 468 g/mol. The summed E-state index contributed by atoms with van der Waals surface area (Å²) in [6.07, 6.45) is 7.27. The molecule has 5 rings (SSSR count). The summed E-state index contributed by atoms with van der Waals surface area (Å²) in [5.41, 5.74) is 3.62. The minimum absolute atomic E-state index is 0.0504. The number of rotatable bonds is 6. The van der Waals surface area contributed by atoms with Gasteiger partial charge in [-0.15, -0.1) is 0 Å². The van der Waals surface area contributed by atoms with Crippen LogP contribution in [0.1, 0.15) is 51.8 Å². The summed E-state index contributed by atoms with van der Waals surface area (Å²) in [5, 5.41) is 0. The molecule has 0 N–H and O–H groups in total. The first-order chi connectivity index (χ1) is 17.1. The van der Waals surface area contributed by atoms with E-state index in [1.807, 2.05) is 84.1 Å². The fraction of sp³-hybridized carbons (Fsp3) is 0.286. The lowest BCUT2D eigenvalue weighted by Crippen LogP contribution is -2.40. The molecule has 1 atom stereocenters. The second kappa shape index (κ2) is 10.1. The van der Waals surface area contributed by atoms with Crippen LogP contribution in [0.25, 0.3) is 0 Å². The number of para-hydroxylation sites is 1. The van der Waals surface area contributed by atoms with Gasteiger partial charge in [-0.3, -0.25) is 4.79 Å². The normalized spacial score (nSPS) is 15.7. The van der Waals surface area contributed by atoms with Crippen LogP contribution in [0.5, 0.6) is 11.6 Å². The number of imidazole rings is 1. The summed E-state index contributed by atoms with van der Waals surface area (Å²) in [4.78, 5) is 29.1. The molecule has 2 aromatic heterocycles. The van der Waals surface area contributed by atoms with Gasteiger partial charge in [0.2, 0.25) is 5.88 Å². The van der Waals surface area contributed by atoms with Gasteiger partial charge in [0.15, 0.2) is 0 Å². The van der Waals surface area contributed by atoms with Gasteiger partial charge < -0.3 is 14.2 Å². The summed E-state index contributed by atoms with van der Waals surface area (Å²) in [7, 11) is 0. The van der Waals surface area contributed by atoms with E-state index in [1.165, 1.54) is 0 Å². The molecule has 35 heavy (non-hydrogen) atoms. The Morgan fingerprint density at radius 1 is 1.09 bits per heavy atom. The van der Waals surface area contributed by atoms with Gasteiger partial charge in [0, 0.05) is 55.3 Å². The number of ether oxygens (including phenoxy) is 1. The zero-order valence-electron chi connectivity index (χ0n) is 20.1. The molecule has 1 unspecified atom stereocenters. The number of hydrogen-bond donors (Lipinski definition) is 0. The van der Waals surface area contributed by atoms with Crippen molar-refractivity contribution in [3.63, 3.8) is 0 Å². The van der Waals surface area contributed by atoms with Crippen LogP contribution in [0.3, 0.4) is 0 Å². The highest BCUT2D eigenvalue weighted by molar-refractivity contribution is 5.95. The van der Waals surface area contributed by atoms with Crippen molar-refractivity contribution >= 4 is 5.91 Å². The number of aryl methyl sites for hydroxylation is 2. The molecule has 0 bridgehead atoms. The second-order valence-corrected chi connectivity index (χ2v) is 9.06. The second-order valence-electron chi connectivity index (χ2n) is 9.06. The van der Waals surface area contributed by atoms with Gasteiger partial charge in [-0.2, -0.15) is 4.98 Å². The number of likely N-dealkylation sites (tertiary alicyclic amines) is 1. The van der Waals surface area contributed by atoms with Gasteiger partial charge in [-0.05, 0) is 49.9 Å². The summed E-state index contributed by atoms with van der Waals surface area (Å²) in [6, 6.07) is 17.6. The van der Waals surface area contributed by atoms with Crippen LogP contribution in [-0.4, -0.2) is 43.4 Å². The molecule has 4 aromatic rings. The highest BCUT2D eigenvalue weighted by Gasteiger charge is 2.28. The van der Waals surface area contributed by atoms with Crippen LogP contribution in [0.2, 0.25) is 0 Å². The number of carbonyl (C=O) groups excluding carboxylic acids is 1. The number of aromatic nitrogens is 4. The third kappa shape index (κ3) is 5.24. The van der Waals surface area contributed by atoms with Crippen molar-refractivity contribution in [3.05, 3.63) is 102 Å². The van der Waals surface area contributed by atoms with Crippen molar-refractivity contribution in [3.8, 4) is 11.6 Å². The van der Waals surface area contributed by atoms with Crippen LogP contribution in [-0.2, 0) is 6.54 Å². The van der Waals surface area contributed by atoms with E-state index in [0.717, 1.165) is 53.3 Å². The van der Waals surface area contributed by atoms with Crippen molar-refractivity contribution in [2.24, 2.45) is 0 Å². The standard InChI is InChI=1S/C28H29N5O2/c1-20-8-3-6-12-25(20)35-26-16-21(2)30-27(31-26)23-10-7-14-33(18-23)28(34)24-11-5-4-9-22(24)17-32-15-13-29-19-32/h3-6,8-9,11-13,15-16,19,23H,7,10,14,17-18H2,1-2H3. The largest absolute Gasteiger partial charge is 0.439 e. The summed E-state index contributed by atoms with van der Waals surface area (Å²) in [5.74, 6) is 2.17. The molecule has 7 heteroatoms. The van der Waals surface area contributed by atoms with Crippen LogP contribution < -0.4 is 4.74 Å². The Hall–Kier alpha value is -4.00. The molecule has 2 aromatic carbocycles. The van der Waals surface area contributed by atoms with E-state index < -0.39 is 0 Å². The maximum atomic E-state index is 13.6. The van der Waals surface area contributed by atoms with Crippen LogP contribution in [0.15, 0.2) is 73.3 Å². The molecule has 0 radical (unpaired) electrons. The van der Waals surface area contributed by atoms with Crippen molar-refractivity contribution in [1.82, 2.24) is 24.4 Å². The van der Waals surface area contributed by atoms with Gasteiger partial charge in [0.25, 0.3) is 5.91 Å². The predicted molar refractivity (Wildman–Crippen MR) is 134 cm³/mol. The molecule has 0 saturated carbocycles. The Labute approximate surface area is 205 Å². The Bertz CT molecular complexity index is 1320. The Balaban J connectivity index is 1.35. The highest BCUT2D eigenvalue weighted by Crippen LogP contribution is 2.29. The van der Waals surface area contributed by atoms with E-state index in [-0.39, 0.29) is 11.8 Å². The number of amides is 1. The van der Waals surface area contributed by atoms with Crippen LogP contribution >= 0.6 is 0 Å². The average Bonchev–Trinajstić information content (AvgIpc) is 3.38. The highest BCUT2D eigenvalue weighted by atomic mass is 16.5. The molecule has 1 fully saturated rings. The molecule has 0 spiro atoms. The number of carbonyl (C=O) groups is 1. The van der Waals surface area contributed by atoms with E-state index in [4.69, 9.17) is 14.7 Å². The summed E-state index contributed by atoms with van der Waals surface area (Å²) >= 11 is 0. The minimum atomic E-state index is 0.0504. The smallest absolute Gasteiger partial charge is 0.254 e. The molecule has 1 saturated heterocycles. The minimum Gasteiger partial charge on any atom is -0.439 e. The maximum absolute atomic E-state index is 13.6. The number of nitrogens with zero attached hydrogens (tertiary/aromatic N) is 5. The fourth-order valence-corrected chi connectivity index (χ4v) is 4.57. The van der Waals surface area contributed by atoms with Gasteiger partial charge >= 0.3 is 0 Å². The lowest BCUT2D eigenvalue weighted by Gasteiger charge is -2.32. The van der Waals surface area contributed by atoms with E-state index in [1.54, 1.807) is 12.5 Å². The topological polar surface area (TPSA) is 73.1 Å². The third-order valence-electron chi connectivity index (χ3n) is 6.39. The molecule has 1 aliphatic heterocycles. The zero-order valence-corrected chi connectivity index (χ0v) is 20.1. The first-order valence-electron chi connectivity index (χ1n) is 12.0. The quantitative estimate of drug-likeness (QED) is 0.392. The number of piperidine rings is 1. The van der Waals surface area contributed by atoms with Gasteiger partial charge in [0.1, 0.15) is 11.6 Å². The molecule has 3 heterocycles. The lowest BCUT2D eigenvalue weighted by atomic mass is 9.95. The Kier molecular flexibility index (Phi) is 6.57. The molecule has 1 amide bonds. The zero-order chi connectivity index (χ0) is 24.2. The van der Waals surface area contributed by atoms with E-state index in [9.17, 15) is 4.79 Å². The number of benzene rings is 2. The molecular weight excluding hydrogens is 438 g/mol. The van der Waals surface area contributed by atoms with Crippen molar-refractivity contribution in [2.75, 3.05) is 13.1 Å².